The minimum Gasteiger partial charge on any atom is -0.462 e. The zero-order valence-electron chi connectivity index (χ0n) is 25.5. The Bertz CT molecular complexity index is 1100. The lowest BCUT2D eigenvalue weighted by Gasteiger charge is -2.28. The van der Waals surface area contributed by atoms with Crippen molar-refractivity contribution < 1.29 is 23.8 Å². The van der Waals surface area contributed by atoms with Crippen molar-refractivity contribution in [3.8, 4) is 0 Å². The molecule has 0 radical (unpaired) electrons. The number of ether oxygens (including phenoxy) is 3. The van der Waals surface area contributed by atoms with Gasteiger partial charge in [-0.2, -0.15) is 0 Å². The molecule has 2 aromatic rings. The Balaban J connectivity index is 1.40. The number of unbranched alkanes of at least 4 members (excludes halogenated alkanes) is 5. The van der Waals surface area contributed by atoms with E-state index in [-0.39, 0.29) is 30.7 Å². The fourth-order valence-electron chi connectivity index (χ4n) is 5.35. The summed E-state index contributed by atoms with van der Waals surface area (Å²) in [4.78, 5) is 25.1. The zero-order valence-corrected chi connectivity index (χ0v) is 25.5. The molecule has 4 N–H and O–H groups in total. The van der Waals surface area contributed by atoms with Gasteiger partial charge in [-0.3, -0.25) is 0 Å². The van der Waals surface area contributed by atoms with Gasteiger partial charge in [-0.1, -0.05) is 64.5 Å². The minimum atomic E-state index is -0.423. The highest BCUT2D eigenvalue weighted by Crippen LogP contribution is 2.27. The van der Waals surface area contributed by atoms with Crippen LogP contribution in [0.1, 0.15) is 118 Å². The Hall–Kier alpha value is -3.32. The predicted molar refractivity (Wildman–Crippen MR) is 170 cm³/mol. The topological polar surface area (TPSA) is 114 Å². The van der Waals surface area contributed by atoms with Gasteiger partial charge in [-0.25, -0.2) is 9.59 Å². The predicted octanol–water partition coefficient (Wildman–Crippen LogP) is 7.84. The third-order valence-corrected chi connectivity index (χ3v) is 7.86. The highest BCUT2D eigenvalue weighted by Gasteiger charge is 2.24. The van der Waals surface area contributed by atoms with E-state index in [1.54, 1.807) is 36.4 Å². The van der Waals surface area contributed by atoms with Gasteiger partial charge in [0.1, 0.15) is 6.10 Å². The van der Waals surface area contributed by atoms with Gasteiger partial charge in [0.05, 0.1) is 18.3 Å². The normalized spacial score (nSPS) is 17.7. The summed E-state index contributed by atoms with van der Waals surface area (Å²) in [6.45, 7) is 5.44. The second-order valence-electron chi connectivity index (χ2n) is 11.4. The van der Waals surface area contributed by atoms with Crippen molar-refractivity contribution in [1.82, 2.24) is 0 Å². The van der Waals surface area contributed by atoms with Crippen LogP contribution in [0.4, 0.5) is 11.4 Å². The summed E-state index contributed by atoms with van der Waals surface area (Å²) >= 11 is 0. The summed E-state index contributed by atoms with van der Waals surface area (Å²) in [5.41, 5.74) is 15.4. The van der Waals surface area contributed by atoms with E-state index in [0.29, 0.717) is 16.9 Å². The number of carbonyl (C=O) groups is 2. The number of esters is 2. The van der Waals surface area contributed by atoms with E-state index >= 15 is 0 Å². The van der Waals surface area contributed by atoms with Crippen LogP contribution in [0.5, 0.6) is 0 Å². The molecule has 0 spiro atoms. The van der Waals surface area contributed by atoms with Crippen molar-refractivity contribution in [2.45, 2.75) is 109 Å². The van der Waals surface area contributed by atoms with E-state index in [4.69, 9.17) is 25.7 Å². The van der Waals surface area contributed by atoms with Crippen molar-refractivity contribution in [3.63, 3.8) is 0 Å². The first kappa shape index (κ1) is 33.2. The molecule has 3 rings (SSSR count). The molecule has 230 valence electrons. The van der Waals surface area contributed by atoms with Crippen LogP contribution in [-0.4, -0.2) is 37.4 Å². The summed E-state index contributed by atoms with van der Waals surface area (Å²) in [5, 5.41) is 0. The van der Waals surface area contributed by atoms with Crippen molar-refractivity contribution in [2.24, 2.45) is 0 Å². The second kappa shape index (κ2) is 18.3. The molecule has 42 heavy (non-hydrogen) atoms. The Kier molecular flexibility index (Phi) is 14.4. The van der Waals surface area contributed by atoms with E-state index in [1.807, 2.05) is 12.1 Å². The first-order chi connectivity index (χ1) is 20.4. The zero-order chi connectivity index (χ0) is 30.2. The highest BCUT2D eigenvalue weighted by molar-refractivity contribution is 5.90. The fourth-order valence-corrected chi connectivity index (χ4v) is 5.35. The molecule has 0 heterocycles. The van der Waals surface area contributed by atoms with Crippen LogP contribution in [0.15, 0.2) is 48.5 Å². The van der Waals surface area contributed by atoms with E-state index in [2.05, 4.69) is 13.8 Å². The Labute approximate surface area is 252 Å². The summed E-state index contributed by atoms with van der Waals surface area (Å²) in [5.74, 6) is -0.709. The molecular formula is C35H50N2O5. The van der Waals surface area contributed by atoms with E-state index in [0.717, 1.165) is 69.1 Å². The molecule has 0 amide bonds. The molecule has 7 heteroatoms. The van der Waals surface area contributed by atoms with Gasteiger partial charge in [0.2, 0.25) is 0 Å². The molecule has 0 bridgehead atoms. The van der Waals surface area contributed by atoms with E-state index in [1.165, 1.54) is 31.8 Å². The number of nitrogen functional groups attached to an aromatic ring is 2. The molecule has 1 saturated carbocycles. The molecule has 1 unspecified atom stereocenters. The average molecular weight is 579 g/mol. The largest absolute Gasteiger partial charge is 0.462 e. The number of nitrogens with two attached hydrogens (primary N) is 2. The summed E-state index contributed by atoms with van der Waals surface area (Å²) in [6.07, 6.45) is 16.0. The number of benzene rings is 2. The number of carbonyl (C=O) groups excluding carboxylic acids is 2. The average Bonchev–Trinajstić information content (AvgIpc) is 2.98. The van der Waals surface area contributed by atoms with Crippen LogP contribution >= 0.6 is 0 Å². The standard InChI is InChI=1S/C35H50N2O5/c1-3-5-7-8-9-21-40-32-16-18-33(19-17-32)42-35(39)27-14-11-26(12-15-27)13-20-34(38)41-25-28(10-6-4-2)29-22-30(36)24-31(37)23-29/h11-15,20,22-24,28,32-33H,3-10,16-19,21,25,36-37H2,1-2H3. The van der Waals surface area contributed by atoms with Gasteiger partial charge >= 0.3 is 11.9 Å². The highest BCUT2D eigenvalue weighted by atomic mass is 16.5. The minimum absolute atomic E-state index is 0.0290. The van der Waals surface area contributed by atoms with Crippen molar-refractivity contribution >= 4 is 29.4 Å². The smallest absolute Gasteiger partial charge is 0.338 e. The van der Waals surface area contributed by atoms with Crippen LogP contribution in [0.25, 0.3) is 6.08 Å². The van der Waals surface area contributed by atoms with Gasteiger partial charge in [0.15, 0.2) is 0 Å². The van der Waals surface area contributed by atoms with Crippen molar-refractivity contribution in [3.05, 3.63) is 65.2 Å². The van der Waals surface area contributed by atoms with Crippen LogP contribution in [-0.2, 0) is 19.0 Å². The quantitative estimate of drug-likeness (QED) is 0.0850. The van der Waals surface area contributed by atoms with Gasteiger partial charge in [0, 0.05) is 30.0 Å². The first-order valence-electron chi connectivity index (χ1n) is 15.8. The van der Waals surface area contributed by atoms with Crippen molar-refractivity contribution in [1.29, 1.82) is 0 Å². The molecule has 1 fully saturated rings. The summed E-state index contributed by atoms with van der Waals surface area (Å²) < 4.78 is 17.4. The SMILES string of the molecule is CCCCCCCOC1CCC(OC(=O)c2ccc(C=CC(=O)OCC(CCCC)c3cc(N)cc(N)c3)cc2)CC1. The third-order valence-electron chi connectivity index (χ3n) is 7.86. The molecule has 0 aromatic heterocycles. The first-order valence-corrected chi connectivity index (χ1v) is 15.8. The molecule has 1 atom stereocenters. The Morgan fingerprint density at radius 2 is 1.50 bits per heavy atom. The molecule has 1 aliphatic carbocycles. The second-order valence-corrected chi connectivity index (χ2v) is 11.4. The van der Waals surface area contributed by atoms with Gasteiger partial charge < -0.3 is 25.7 Å². The van der Waals surface area contributed by atoms with E-state index in [9.17, 15) is 9.59 Å². The Morgan fingerprint density at radius 1 is 0.857 bits per heavy atom. The number of rotatable bonds is 17. The maximum atomic E-state index is 12.7. The number of hydrogen-bond donors (Lipinski definition) is 2. The van der Waals surface area contributed by atoms with Crippen LogP contribution < -0.4 is 11.5 Å². The molecule has 0 saturated heterocycles. The van der Waals surface area contributed by atoms with Crippen LogP contribution in [0, 0.1) is 0 Å². The Morgan fingerprint density at radius 3 is 2.17 bits per heavy atom. The molecular weight excluding hydrogens is 528 g/mol. The van der Waals surface area contributed by atoms with Gasteiger partial charge in [-0.15, -0.1) is 0 Å². The van der Waals surface area contributed by atoms with Gasteiger partial charge in [0.25, 0.3) is 0 Å². The maximum Gasteiger partial charge on any atom is 0.338 e. The maximum absolute atomic E-state index is 12.7. The molecule has 1 aliphatic rings. The lowest BCUT2D eigenvalue weighted by Crippen LogP contribution is -2.28. The monoisotopic (exact) mass is 578 g/mol. The number of anilines is 2. The lowest BCUT2D eigenvalue weighted by atomic mass is 9.93. The fraction of sp³-hybridized carbons (Fsp3) is 0.543. The van der Waals surface area contributed by atoms with E-state index < -0.39 is 5.97 Å². The number of hydrogen-bond acceptors (Lipinski definition) is 7. The lowest BCUT2D eigenvalue weighted by molar-refractivity contribution is -0.138. The third kappa shape index (κ3) is 11.9. The van der Waals surface area contributed by atoms with Crippen LogP contribution in [0.3, 0.4) is 0 Å². The van der Waals surface area contributed by atoms with Crippen molar-refractivity contribution in [2.75, 3.05) is 24.7 Å². The molecule has 0 aliphatic heterocycles. The van der Waals surface area contributed by atoms with Gasteiger partial charge in [-0.05, 0) is 86.1 Å². The van der Waals surface area contributed by atoms with Crippen LogP contribution in [0.2, 0.25) is 0 Å². The summed E-state index contributed by atoms with van der Waals surface area (Å²) in [6, 6.07) is 12.6. The summed E-state index contributed by atoms with van der Waals surface area (Å²) in [7, 11) is 0. The molecule has 7 nitrogen and oxygen atoms in total. The molecule has 2 aromatic carbocycles.